The number of rotatable bonds is 5. The summed E-state index contributed by atoms with van der Waals surface area (Å²) in [5.74, 6) is -0.0744. The summed E-state index contributed by atoms with van der Waals surface area (Å²) in [5, 5.41) is 10.5. The van der Waals surface area contributed by atoms with Crippen LogP contribution in [0.4, 0.5) is 4.39 Å². The molecular weight excluding hydrogens is 423 g/mol. The number of Topliss-reactive ketones (excluding diaryl/α,β-unsaturated/α-hetero) is 1. The van der Waals surface area contributed by atoms with Crippen molar-refractivity contribution in [3.05, 3.63) is 89.0 Å². The summed E-state index contributed by atoms with van der Waals surface area (Å²) in [6.45, 7) is 5.86. The molecule has 0 N–H and O–H groups in total. The lowest BCUT2D eigenvalue weighted by molar-refractivity contribution is 0.102. The highest BCUT2D eigenvalue weighted by atomic mass is 32.2. The Morgan fingerprint density at radius 1 is 1.00 bits per heavy atom. The summed E-state index contributed by atoms with van der Waals surface area (Å²) < 4.78 is 17.6. The van der Waals surface area contributed by atoms with E-state index in [0.29, 0.717) is 16.4 Å². The van der Waals surface area contributed by atoms with Crippen molar-refractivity contribution in [3.63, 3.8) is 0 Å². The highest BCUT2D eigenvalue weighted by Crippen LogP contribution is 2.27. The number of fused-ring (bicyclic) bond motifs is 3. The van der Waals surface area contributed by atoms with Crippen molar-refractivity contribution in [2.45, 2.75) is 25.9 Å². The predicted octanol–water partition coefficient (Wildman–Crippen LogP) is 5.71. The second-order valence-electron chi connectivity index (χ2n) is 7.83. The Bertz CT molecular complexity index is 1500. The normalized spacial score (nSPS) is 11.5. The van der Waals surface area contributed by atoms with Crippen LogP contribution in [0.1, 0.15) is 27.3 Å². The van der Waals surface area contributed by atoms with Crippen molar-refractivity contribution in [2.75, 3.05) is 5.75 Å². The minimum atomic E-state index is -0.306. The molecule has 5 nitrogen and oxygen atoms in total. The second kappa shape index (κ2) is 7.91. The van der Waals surface area contributed by atoms with Gasteiger partial charge in [0.25, 0.3) is 0 Å². The van der Waals surface area contributed by atoms with Crippen LogP contribution in [0.3, 0.4) is 0 Å². The number of nitrogens with zero attached hydrogens (tertiary/aromatic N) is 4. The van der Waals surface area contributed by atoms with Gasteiger partial charge in [-0.1, -0.05) is 36.0 Å². The molecule has 0 aliphatic rings. The largest absolute Gasteiger partial charge is 0.318 e. The maximum atomic E-state index is 13.7. The van der Waals surface area contributed by atoms with Crippen LogP contribution in [0.2, 0.25) is 0 Å². The number of hydrogen-bond donors (Lipinski definition) is 0. The number of aromatic nitrogens is 4. The zero-order valence-corrected chi connectivity index (χ0v) is 18.8. The number of hydrogen-bond acceptors (Lipinski definition) is 4. The zero-order valence-electron chi connectivity index (χ0n) is 18.0. The van der Waals surface area contributed by atoms with Crippen molar-refractivity contribution in [3.8, 4) is 5.69 Å². The second-order valence-corrected chi connectivity index (χ2v) is 8.78. The number of ketones is 1. The predicted molar refractivity (Wildman–Crippen MR) is 125 cm³/mol. The Morgan fingerprint density at radius 3 is 2.62 bits per heavy atom. The Labute approximate surface area is 188 Å². The summed E-state index contributed by atoms with van der Waals surface area (Å²) in [5.41, 5.74) is 5.94. The van der Waals surface area contributed by atoms with Crippen molar-refractivity contribution in [2.24, 2.45) is 0 Å². The Morgan fingerprint density at radius 2 is 1.81 bits per heavy atom. The molecule has 0 unspecified atom stereocenters. The zero-order chi connectivity index (χ0) is 22.4. The SMILES string of the molecule is Cc1cc2nnc(SCC(=O)c3cc(C)n(-c4cccc(F)c4)c3C)n2c2ccccc12. The molecule has 0 atom stereocenters. The Kier molecular flexibility index (Phi) is 5.06. The highest BCUT2D eigenvalue weighted by molar-refractivity contribution is 7.99. The standard InChI is InChI=1S/C25H21FN4OS/c1-15-11-24-27-28-25(30(24)22-10-5-4-9-20(15)22)32-14-23(31)21-12-16(2)29(17(21)3)19-8-6-7-18(26)13-19/h4-13H,14H2,1-3H3. The van der Waals surface area contributed by atoms with Crippen LogP contribution in [-0.2, 0) is 0 Å². The van der Waals surface area contributed by atoms with Crippen LogP contribution < -0.4 is 0 Å². The van der Waals surface area contributed by atoms with E-state index in [1.54, 1.807) is 6.07 Å². The number of aryl methyl sites for hydroxylation is 2. The first-order valence-corrected chi connectivity index (χ1v) is 11.3. The topological polar surface area (TPSA) is 52.2 Å². The van der Waals surface area contributed by atoms with Crippen LogP contribution in [0, 0.1) is 26.6 Å². The van der Waals surface area contributed by atoms with Gasteiger partial charge < -0.3 is 4.57 Å². The van der Waals surface area contributed by atoms with Gasteiger partial charge in [-0.15, -0.1) is 10.2 Å². The molecule has 0 spiro atoms. The minimum Gasteiger partial charge on any atom is -0.318 e. The lowest BCUT2D eigenvalue weighted by Gasteiger charge is -2.10. The molecule has 2 aromatic carbocycles. The first-order chi connectivity index (χ1) is 15.4. The summed E-state index contributed by atoms with van der Waals surface area (Å²) in [7, 11) is 0. The number of halogens is 1. The summed E-state index contributed by atoms with van der Waals surface area (Å²) >= 11 is 1.37. The number of carbonyl (C=O) groups excluding carboxylic acids is 1. The molecule has 5 rings (SSSR count). The maximum absolute atomic E-state index is 13.7. The van der Waals surface area contributed by atoms with Crippen LogP contribution in [-0.4, -0.2) is 30.7 Å². The quantitative estimate of drug-likeness (QED) is 0.257. The van der Waals surface area contributed by atoms with Gasteiger partial charge in [-0.05, 0) is 62.7 Å². The summed E-state index contributed by atoms with van der Waals surface area (Å²) in [4.78, 5) is 13.1. The van der Waals surface area contributed by atoms with E-state index in [0.717, 1.165) is 33.5 Å². The van der Waals surface area contributed by atoms with Gasteiger partial charge in [0.05, 0.1) is 11.3 Å². The monoisotopic (exact) mass is 444 g/mol. The van der Waals surface area contributed by atoms with Gasteiger partial charge in [-0.2, -0.15) is 0 Å². The fourth-order valence-electron chi connectivity index (χ4n) is 4.23. The van der Waals surface area contributed by atoms with Crippen molar-refractivity contribution in [1.82, 2.24) is 19.2 Å². The van der Waals surface area contributed by atoms with Crippen molar-refractivity contribution >= 4 is 34.1 Å². The fourth-order valence-corrected chi connectivity index (χ4v) is 5.07. The summed E-state index contributed by atoms with van der Waals surface area (Å²) in [6, 6.07) is 18.4. The summed E-state index contributed by atoms with van der Waals surface area (Å²) in [6.07, 6.45) is 0. The number of pyridine rings is 1. The van der Waals surface area contributed by atoms with Crippen LogP contribution in [0.25, 0.3) is 22.2 Å². The molecule has 0 amide bonds. The molecule has 32 heavy (non-hydrogen) atoms. The molecule has 3 heterocycles. The molecule has 0 aliphatic carbocycles. The molecule has 0 saturated heterocycles. The molecule has 7 heteroatoms. The first-order valence-electron chi connectivity index (χ1n) is 10.3. The average molecular weight is 445 g/mol. The van der Waals surface area contributed by atoms with Crippen molar-refractivity contribution < 1.29 is 9.18 Å². The van der Waals surface area contributed by atoms with E-state index in [2.05, 4.69) is 23.2 Å². The van der Waals surface area contributed by atoms with Gasteiger partial charge >= 0.3 is 0 Å². The molecule has 0 aliphatic heterocycles. The van der Waals surface area contributed by atoms with Gasteiger partial charge in [-0.25, -0.2) is 4.39 Å². The van der Waals surface area contributed by atoms with Crippen molar-refractivity contribution in [1.29, 1.82) is 0 Å². The smallest absolute Gasteiger partial charge is 0.196 e. The van der Waals surface area contributed by atoms with E-state index in [-0.39, 0.29) is 17.4 Å². The average Bonchev–Trinajstić information content (AvgIpc) is 3.32. The number of para-hydroxylation sites is 1. The van der Waals surface area contributed by atoms with Gasteiger partial charge in [0.15, 0.2) is 16.6 Å². The van der Waals surface area contributed by atoms with Gasteiger partial charge in [0.1, 0.15) is 5.82 Å². The van der Waals surface area contributed by atoms with Crippen LogP contribution in [0.5, 0.6) is 0 Å². The van der Waals surface area contributed by atoms with Gasteiger partial charge in [-0.3, -0.25) is 9.20 Å². The number of carbonyl (C=O) groups is 1. The van der Waals surface area contributed by atoms with E-state index < -0.39 is 0 Å². The third kappa shape index (κ3) is 3.39. The molecule has 0 radical (unpaired) electrons. The van der Waals surface area contributed by atoms with E-state index in [4.69, 9.17) is 0 Å². The fraction of sp³-hybridized carbons (Fsp3) is 0.160. The lowest BCUT2D eigenvalue weighted by Crippen LogP contribution is -2.06. The van der Waals surface area contributed by atoms with E-state index >= 15 is 0 Å². The van der Waals surface area contributed by atoms with E-state index in [1.165, 1.54) is 23.9 Å². The van der Waals surface area contributed by atoms with Gasteiger partial charge in [0, 0.05) is 28.0 Å². The molecular formula is C25H21FN4OS. The molecule has 0 saturated carbocycles. The number of benzene rings is 2. The Hall–Kier alpha value is -3.45. The van der Waals surface area contributed by atoms with Gasteiger partial charge in [0.2, 0.25) is 0 Å². The van der Waals surface area contributed by atoms with Crippen LogP contribution >= 0.6 is 11.8 Å². The Balaban J connectivity index is 1.46. The van der Waals surface area contributed by atoms with E-state index in [9.17, 15) is 9.18 Å². The molecule has 3 aromatic heterocycles. The molecule has 0 fully saturated rings. The molecule has 160 valence electrons. The highest BCUT2D eigenvalue weighted by Gasteiger charge is 2.19. The van der Waals surface area contributed by atoms with E-state index in [1.807, 2.05) is 59.2 Å². The first kappa shape index (κ1) is 20.5. The maximum Gasteiger partial charge on any atom is 0.196 e. The minimum absolute atomic E-state index is 0.001000. The molecule has 5 aromatic rings. The third-order valence-electron chi connectivity index (χ3n) is 5.70. The van der Waals surface area contributed by atoms with Crippen LogP contribution in [0.15, 0.2) is 65.8 Å². The third-order valence-corrected chi connectivity index (χ3v) is 6.63. The lowest BCUT2D eigenvalue weighted by atomic mass is 10.1. The molecule has 0 bridgehead atoms. The number of thioether (sulfide) groups is 1.